The molecule has 0 radical (unpaired) electrons. The second kappa shape index (κ2) is 3.11. The molecule has 1 rings (SSSR count). The number of hydrogen-bond donors (Lipinski definition) is 2. The van der Waals surface area contributed by atoms with Crippen molar-refractivity contribution in [2.45, 2.75) is 26.2 Å². The standard InChI is InChI=1S/C9H15N3/c1-9(2,3)7-4-5-8(12-10)11-6-7/h4-6H,10H2,1-3H3,(H,11,12). The number of nitrogen functional groups attached to an aromatic ring is 1. The molecule has 0 amide bonds. The molecule has 3 N–H and O–H groups in total. The maximum Gasteiger partial charge on any atom is 0.139 e. The lowest BCUT2D eigenvalue weighted by Crippen LogP contribution is -2.13. The van der Waals surface area contributed by atoms with Gasteiger partial charge in [0.15, 0.2) is 0 Å². The molecule has 1 heterocycles. The zero-order valence-electron chi connectivity index (χ0n) is 7.76. The second-order valence-electron chi connectivity index (χ2n) is 3.83. The third-order valence-electron chi connectivity index (χ3n) is 1.78. The Bertz CT molecular complexity index is 245. The summed E-state index contributed by atoms with van der Waals surface area (Å²) in [5.74, 6) is 5.89. The largest absolute Gasteiger partial charge is 0.308 e. The monoisotopic (exact) mass is 165 g/mol. The lowest BCUT2D eigenvalue weighted by atomic mass is 9.88. The van der Waals surface area contributed by atoms with Crippen LogP contribution in [0.25, 0.3) is 0 Å². The summed E-state index contributed by atoms with van der Waals surface area (Å²) in [6, 6.07) is 3.91. The van der Waals surface area contributed by atoms with Crippen molar-refractivity contribution in [2.24, 2.45) is 5.84 Å². The van der Waals surface area contributed by atoms with Crippen LogP contribution >= 0.6 is 0 Å². The molecule has 0 aliphatic carbocycles. The van der Waals surface area contributed by atoms with Crippen molar-refractivity contribution < 1.29 is 0 Å². The summed E-state index contributed by atoms with van der Waals surface area (Å²) in [4.78, 5) is 4.13. The summed E-state index contributed by atoms with van der Waals surface area (Å²) < 4.78 is 0. The molecule has 0 aliphatic rings. The predicted octanol–water partition coefficient (Wildman–Crippen LogP) is 1.66. The topological polar surface area (TPSA) is 50.9 Å². The quantitative estimate of drug-likeness (QED) is 0.491. The van der Waals surface area contributed by atoms with Gasteiger partial charge in [0.05, 0.1) is 0 Å². The van der Waals surface area contributed by atoms with E-state index in [1.54, 1.807) is 0 Å². The Morgan fingerprint density at radius 1 is 1.33 bits per heavy atom. The van der Waals surface area contributed by atoms with E-state index in [1.165, 1.54) is 5.56 Å². The van der Waals surface area contributed by atoms with Gasteiger partial charge in [-0.25, -0.2) is 10.8 Å². The van der Waals surface area contributed by atoms with Gasteiger partial charge in [0.2, 0.25) is 0 Å². The summed E-state index contributed by atoms with van der Waals surface area (Å²) in [5.41, 5.74) is 3.86. The van der Waals surface area contributed by atoms with Crippen LogP contribution < -0.4 is 11.3 Å². The third-order valence-corrected chi connectivity index (χ3v) is 1.78. The van der Waals surface area contributed by atoms with Crippen LogP contribution in [0.15, 0.2) is 18.3 Å². The smallest absolute Gasteiger partial charge is 0.139 e. The van der Waals surface area contributed by atoms with Gasteiger partial charge in [-0.05, 0) is 17.0 Å². The van der Waals surface area contributed by atoms with Crippen LogP contribution in [0, 0.1) is 0 Å². The van der Waals surface area contributed by atoms with Gasteiger partial charge < -0.3 is 5.43 Å². The SMILES string of the molecule is CC(C)(C)c1ccc(NN)nc1. The van der Waals surface area contributed by atoms with Crippen molar-refractivity contribution in [1.82, 2.24) is 4.98 Å². The number of hydrazine groups is 1. The van der Waals surface area contributed by atoms with E-state index >= 15 is 0 Å². The first-order chi connectivity index (χ1) is 5.54. The number of aromatic nitrogens is 1. The van der Waals surface area contributed by atoms with Crippen LogP contribution in [0.3, 0.4) is 0 Å². The van der Waals surface area contributed by atoms with Crippen molar-refractivity contribution in [3.05, 3.63) is 23.9 Å². The highest BCUT2D eigenvalue weighted by molar-refractivity contribution is 5.35. The fourth-order valence-electron chi connectivity index (χ4n) is 0.923. The summed E-state index contributed by atoms with van der Waals surface area (Å²) in [6.07, 6.45) is 1.84. The fourth-order valence-corrected chi connectivity index (χ4v) is 0.923. The fraction of sp³-hybridized carbons (Fsp3) is 0.444. The molecular weight excluding hydrogens is 150 g/mol. The number of nitrogens with zero attached hydrogens (tertiary/aromatic N) is 1. The van der Waals surface area contributed by atoms with Gasteiger partial charge in [0, 0.05) is 6.20 Å². The number of anilines is 1. The van der Waals surface area contributed by atoms with E-state index in [-0.39, 0.29) is 5.41 Å². The Balaban J connectivity index is 2.93. The molecule has 0 unspecified atom stereocenters. The van der Waals surface area contributed by atoms with Crippen LogP contribution in [-0.4, -0.2) is 4.98 Å². The summed E-state index contributed by atoms with van der Waals surface area (Å²) >= 11 is 0. The van der Waals surface area contributed by atoms with Gasteiger partial charge in [-0.15, -0.1) is 0 Å². The number of pyridine rings is 1. The van der Waals surface area contributed by atoms with Crippen LogP contribution in [-0.2, 0) is 5.41 Å². The van der Waals surface area contributed by atoms with Gasteiger partial charge >= 0.3 is 0 Å². The Morgan fingerprint density at radius 3 is 2.33 bits per heavy atom. The third kappa shape index (κ3) is 1.95. The molecule has 0 atom stereocenters. The molecule has 1 aromatic rings. The zero-order valence-corrected chi connectivity index (χ0v) is 7.76. The molecule has 0 aliphatic heterocycles. The first-order valence-corrected chi connectivity index (χ1v) is 3.97. The van der Waals surface area contributed by atoms with Crippen LogP contribution in [0.2, 0.25) is 0 Å². The maximum absolute atomic E-state index is 5.20. The summed E-state index contributed by atoms with van der Waals surface area (Å²) in [6.45, 7) is 6.46. The van der Waals surface area contributed by atoms with Crippen molar-refractivity contribution in [1.29, 1.82) is 0 Å². The second-order valence-corrected chi connectivity index (χ2v) is 3.83. The molecule has 3 nitrogen and oxygen atoms in total. The van der Waals surface area contributed by atoms with Gasteiger partial charge in [-0.1, -0.05) is 26.8 Å². The lowest BCUT2D eigenvalue weighted by Gasteiger charge is -2.18. The molecule has 3 heteroatoms. The van der Waals surface area contributed by atoms with Crippen LogP contribution in [0.4, 0.5) is 5.82 Å². The average Bonchev–Trinajstić information content (AvgIpc) is 2.03. The Morgan fingerprint density at radius 2 is 2.00 bits per heavy atom. The first kappa shape index (κ1) is 9.00. The minimum absolute atomic E-state index is 0.153. The van der Waals surface area contributed by atoms with E-state index < -0.39 is 0 Å². The van der Waals surface area contributed by atoms with E-state index in [0.717, 1.165) is 0 Å². The molecule has 0 spiro atoms. The van der Waals surface area contributed by atoms with E-state index in [4.69, 9.17) is 5.84 Å². The van der Waals surface area contributed by atoms with Crippen molar-refractivity contribution >= 4 is 5.82 Å². The molecule has 66 valence electrons. The number of nitrogens with two attached hydrogens (primary N) is 1. The van der Waals surface area contributed by atoms with Crippen molar-refractivity contribution in [3.8, 4) is 0 Å². The van der Waals surface area contributed by atoms with Gasteiger partial charge in [-0.2, -0.15) is 0 Å². The molecule has 0 aromatic carbocycles. The Labute approximate surface area is 73.0 Å². The number of hydrogen-bond acceptors (Lipinski definition) is 3. The normalized spacial score (nSPS) is 11.3. The lowest BCUT2D eigenvalue weighted by molar-refractivity contribution is 0.587. The molecule has 0 saturated heterocycles. The van der Waals surface area contributed by atoms with Crippen LogP contribution in [0.1, 0.15) is 26.3 Å². The molecule has 0 bridgehead atoms. The number of nitrogens with one attached hydrogen (secondary N) is 1. The van der Waals surface area contributed by atoms with Crippen LogP contribution in [0.5, 0.6) is 0 Å². The average molecular weight is 165 g/mol. The maximum atomic E-state index is 5.20. The minimum Gasteiger partial charge on any atom is -0.308 e. The van der Waals surface area contributed by atoms with Crippen molar-refractivity contribution in [2.75, 3.05) is 5.43 Å². The number of rotatable bonds is 1. The van der Waals surface area contributed by atoms with Gasteiger partial charge in [0.25, 0.3) is 0 Å². The minimum atomic E-state index is 0.153. The molecular formula is C9H15N3. The van der Waals surface area contributed by atoms with Gasteiger partial charge in [-0.3, -0.25) is 0 Å². The van der Waals surface area contributed by atoms with E-state index in [0.29, 0.717) is 5.82 Å². The zero-order chi connectivity index (χ0) is 9.19. The van der Waals surface area contributed by atoms with Crippen molar-refractivity contribution in [3.63, 3.8) is 0 Å². The molecule has 0 fully saturated rings. The highest BCUT2D eigenvalue weighted by Crippen LogP contribution is 2.21. The van der Waals surface area contributed by atoms with E-state index in [2.05, 4.69) is 31.2 Å². The van der Waals surface area contributed by atoms with Gasteiger partial charge in [0.1, 0.15) is 5.82 Å². The highest BCUT2D eigenvalue weighted by atomic mass is 15.2. The Hall–Kier alpha value is -1.09. The molecule has 0 saturated carbocycles. The molecule has 1 aromatic heterocycles. The Kier molecular flexibility index (Phi) is 2.33. The van der Waals surface area contributed by atoms with E-state index in [9.17, 15) is 0 Å². The molecule has 12 heavy (non-hydrogen) atoms. The van der Waals surface area contributed by atoms with E-state index in [1.807, 2.05) is 18.3 Å². The summed E-state index contributed by atoms with van der Waals surface area (Å²) in [7, 11) is 0. The first-order valence-electron chi connectivity index (χ1n) is 3.97. The predicted molar refractivity (Wildman–Crippen MR) is 50.7 cm³/mol. The highest BCUT2D eigenvalue weighted by Gasteiger charge is 2.13. The summed E-state index contributed by atoms with van der Waals surface area (Å²) in [5, 5.41) is 0.